The molecule has 0 unspecified atom stereocenters. The van der Waals surface area contributed by atoms with E-state index in [1.165, 1.54) is 13.2 Å². The average molecular weight is 550 g/mol. The molecule has 0 fully saturated rings. The zero-order valence-electron chi connectivity index (χ0n) is 21.7. The fourth-order valence-electron chi connectivity index (χ4n) is 3.91. The number of methoxy groups -OCH3 is 2. The van der Waals surface area contributed by atoms with Gasteiger partial charge in [-0.15, -0.1) is 0 Å². The second-order valence-corrected chi connectivity index (χ2v) is 9.18. The van der Waals surface area contributed by atoms with Crippen molar-refractivity contribution in [2.75, 3.05) is 32.8 Å². The van der Waals surface area contributed by atoms with Crippen LogP contribution in [0.25, 0.3) is 10.9 Å². The Labute approximate surface area is 230 Å². The molecule has 1 heterocycles. The van der Waals surface area contributed by atoms with Crippen LogP contribution in [-0.4, -0.2) is 44.2 Å². The number of H-pyrrole nitrogens is 1. The fraction of sp³-hybridized carbons (Fsp3) is 0.207. The molecule has 0 saturated carbocycles. The van der Waals surface area contributed by atoms with Crippen LogP contribution in [0.3, 0.4) is 0 Å². The third-order valence-corrected chi connectivity index (χ3v) is 6.24. The highest BCUT2D eigenvalue weighted by atomic mass is 35.5. The van der Waals surface area contributed by atoms with Crippen LogP contribution < -0.4 is 25.7 Å². The van der Waals surface area contributed by atoms with E-state index in [0.717, 1.165) is 11.1 Å². The molecular formula is C29H28ClN3O6. The summed E-state index contributed by atoms with van der Waals surface area (Å²) in [6.07, 6.45) is 0. The van der Waals surface area contributed by atoms with Crippen LogP contribution in [0.5, 0.6) is 11.5 Å². The number of pyridine rings is 1. The number of ether oxygens (including phenoxy) is 3. The summed E-state index contributed by atoms with van der Waals surface area (Å²) in [5.41, 5.74) is 2.18. The van der Waals surface area contributed by atoms with E-state index >= 15 is 0 Å². The second-order valence-electron chi connectivity index (χ2n) is 8.74. The molecule has 1 aromatic heterocycles. The number of carbonyl (C=O) groups is 2. The minimum atomic E-state index is -0.615. The van der Waals surface area contributed by atoms with Crippen molar-refractivity contribution in [3.63, 3.8) is 0 Å². The maximum absolute atomic E-state index is 13.2. The van der Waals surface area contributed by atoms with Gasteiger partial charge in [0, 0.05) is 41.4 Å². The molecule has 3 aromatic carbocycles. The van der Waals surface area contributed by atoms with Crippen molar-refractivity contribution in [2.24, 2.45) is 0 Å². The lowest BCUT2D eigenvalue weighted by Crippen LogP contribution is -2.25. The summed E-state index contributed by atoms with van der Waals surface area (Å²) in [5, 5.41) is 6.77. The molecule has 0 aliphatic carbocycles. The van der Waals surface area contributed by atoms with Crippen LogP contribution in [0.4, 0.5) is 5.69 Å². The van der Waals surface area contributed by atoms with Gasteiger partial charge in [0.1, 0.15) is 12.2 Å². The lowest BCUT2D eigenvalue weighted by Gasteiger charge is -2.13. The van der Waals surface area contributed by atoms with Crippen molar-refractivity contribution in [3.05, 3.63) is 98.3 Å². The lowest BCUT2D eigenvalue weighted by atomic mass is 10.1. The van der Waals surface area contributed by atoms with Gasteiger partial charge in [0.05, 0.1) is 19.2 Å². The van der Waals surface area contributed by atoms with E-state index in [9.17, 15) is 14.4 Å². The molecule has 9 nitrogen and oxygen atoms in total. The van der Waals surface area contributed by atoms with Gasteiger partial charge in [-0.1, -0.05) is 29.8 Å². The number of rotatable bonds is 10. The largest absolute Gasteiger partial charge is 0.493 e. The first-order valence-electron chi connectivity index (χ1n) is 12.1. The van der Waals surface area contributed by atoms with E-state index in [1.54, 1.807) is 56.5 Å². The quantitative estimate of drug-likeness (QED) is 0.247. The number of fused-ring (bicyclic) bond motifs is 1. The van der Waals surface area contributed by atoms with Gasteiger partial charge in [0.15, 0.2) is 11.5 Å². The maximum atomic E-state index is 13.2. The first-order chi connectivity index (χ1) is 18.8. The minimum absolute atomic E-state index is 0.0919. The summed E-state index contributed by atoms with van der Waals surface area (Å²) in [7, 11) is 3.07. The van der Waals surface area contributed by atoms with Crippen molar-refractivity contribution in [2.45, 2.75) is 13.5 Å². The molecule has 0 bridgehead atoms. The van der Waals surface area contributed by atoms with Crippen LogP contribution >= 0.6 is 11.6 Å². The Bertz CT molecular complexity index is 1580. The van der Waals surface area contributed by atoms with E-state index < -0.39 is 11.5 Å². The van der Waals surface area contributed by atoms with E-state index in [2.05, 4.69) is 15.6 Å². The number of hydrogen-bond donors (Lipinski definition) is 3. The maximum Gasteiger partial charge on any atom is 0.261 e. The van der Waals surface area contributed by atoms with Crippen molar-refractivity contribution in [1.29, 1.82) is 0 Å². The Balaban J connectivity index is 1.54. The number of benzene rings is 3. The smallest absolute Gasteiger partial charge is 0.261 e. The van der Waals surface area contributed by atoms with Crippen molar-refractivity contribution in [1.82, 2.24) is 10.3 Å². The van der Waals surface area contributed by atoms with Gasteiger partial charge >= 0.3 is 0 Å². The number of nitrogens with one attached hydrogen (secondary N) is 3. The first kappa shape index (κ1) is 27.7. The number of aryl methyl sites for hydroxylation is 1. The molecule has 0 atom stereocenters. The van der Waals surface area contributed by atoms with E-state index in [4.69, 9.17) is 25.8 Å². The van der Waals surface area contributed by atoms with Crippen molar-refractivity contribution >= 4 is 40.0 Å². The van der Waals surface area contributed by atoms with Crippen LogP contribution in [-0.2, 0) is 11.3 Å². The third-order valence-electron chi connectivity index (χ3n) is 6.01. The van der Waals surface area contributed by atoms with Gasteiger partial charge in [-0.2, -0.15) is 0 Å². The number of hydrogen-bond acceptors (Lipinski definition) is 6. The number of anilines is 1. The molecule has 4 rings (SSSR count). The van der Waals surface area contributed by atoms with Gasteiger partial charge in [-0.05, 0) is 54.4 Å². The molecule has 202 valence electrons. The fourth-order valence-corrected chi connectivity index (χ4v) is 4.12. The summed E-state index contributed by atoms with van der Waals surface area (Å²) < 4.78 is 16.1. The van der Waals surface area contributed by atoms with Crippen LogP contribution in [0, 0.1) is 6.92 Å². The Morgan fingerprint density at radius 2 is 1.77 bits per heavy atom. The van der Waals surface area contributed by atoms with Crippen molar-refractivity contribution < 1.29 is 23.8 Å². The Morgan fingerprint density at radius 1 is 0.949 bits per heavy atom. The molecule has 10 heteroatoms. The van der Waals surface area contributed by atoms with E-state index in [-0.39, 0.29) is 11.5 Å². The van der Waals surface area contributed by atoms with Crippen LogP contribution in [0.1, 0.15) is 31.8 Å². The summed E-state index contributed by atoms with van der Waals surface area (Å²) in [4.78, 5) is 41.4. The predicted molar refractivity (Wildman–Crippen MR) is 150 cm³/mol. The summed E-state index contributed by atoms with van der Waals surface area (Å²) >= 11 is 6.01. The van der Waals surface area contributed by atoms with Crippen LogP contribution in [0.2, 0.25) is 5.02 Å². The number of aromatic amines is 1. The zero-order valence-corrected chi connectivity index (χ0v) is 22.5. The average Bonchev–Trinajstić information content (AvgIpc) is 2.92. The molecular weight excluding hydrogens is 522 g/mol. The van der Waals surface area contributed by atoms with E-state index in [0.29, 0.717) is 58.4 Å². The molecule has 2 amide bonds. The molecule has 0 saturated heterocycles. The highest BCUT2D eigenvalue weighted by Crippen LogP contribution is 2.31. The molecule has 3 N–H and O–H groups in total. The molecule has 39 heavy (non-hydrogen) atoms. The molecule has 0 aliphatic rings. The monoisotopic (exact) mass is 549 g/mol. The van der Waals surface area contributed by atoms with Gasteiger partial charge < -0.3 is 29.8 Å². The molecule has 0 radical (unpaired) electrons. The number of carbonyl (C=O) groups excluding carboxylic acids is 2. The van der Waals surface area contributed by atoms with Gasteiger partial charge in [0.2, 0.25) is 0 Å². The topological polar surface area (TPSA) is 119 Å². The van der Waals surface area contributed by atoms with Crippen LogP contribution in [0.15, 0.2) is 65.5 Å². The number of halogens is 1. The summed E-state index contributed by atoms with van der Waals surface area (Å²) in [5.74, 6) is -0.0419. The SMILES string of the molecule is COCCOc1cc2cc(C(=O)Nc3cc(C(=O)NCc4cccc(Cl)c4)ccc3C)c(=O)[nH]c2cc1OC. The minimum Gasteiger partial charge on any atom is -0.493 e. The Kier molecular flexibility index (Phi) is 8.85. The van der Waals surface area contributed by atoms with Gasteiger partial charge in [-0.3, -0.25) is 14.4 Å². The summed E-state index contributed by atoms with van der Waals surface area (Å²) in [6, 6.07) is 17.0. The lowest BCUT2D eigenvalue weighted by molar-refractivity contribution is 0.0949. The standard InChI is InChI=1S/C29H28ClN3O6/c1-17-7-8-19(27(34)31-16-18-5-4-6-21(30)11-18)13-23(17)32-28(35)22-12-20-14-26(39-10-9-37-2)25(38-3)15-24(20)33-29(22)36/h4-8,11-15H,9-10,16H2,1-3H3,(H,31,34)(H,32,35)(H,33,36). The van der Waals surface area contributed by atoms with Crippen molar-refractivity contribution in [3.8, 4) is 11.5 Å². The first-order valence-corrected chi connectivity index (χ1v) is 12.5. The zero-order chi connectivity index (χ0) is 27.9. The normalized spacial score (nSPS) is 10.8. The predicted octanol–water partition coefficient (Wildman–Crippen LogP) is 4.71. The molecule has 0 spiro atoms. The second kappa shape index (κ2) is 12.5. The highest BCUT2D eigenvalue weighted by Gasteiger charge is 2.17. The highest BCUT2D eigenvalue weighted by molar-refractivity contribution is 6.30. The Morgan fingerprint density at radius 3 is 2.51 bits per heavy atom. The molecule has 4 aromatic rings. The summed E-state index contributed by atoms with van der Waals surface area (Å²) in [6.45, 7) is 2.78. The number of aromatic nitrogens is 1. The molecule has 0 aliphatic heterocycles. The third kappa shape index (κ3) is 6.76. The Hall–Kier alpha value is -4.34. The van der Waals surface area contributed by atoms with Gasteiger partial charge in [-0.25, -0.2) is 0 Å². The van der Waals surface area contributed by atoms with E-state index in [1.807, 2.05) is 12.1 Å². The number of amides is 2. The van der Waals surface area contributed by atoms with Gasteiger partial charge in [0.25, 0.3) is 17.4 Å².